The number of rotatable bonds is 3. The van der Waals surface area contributed by atoms with Crippen LogP contribution in [0, 0.1) is 5.41 Å². The molecule has 1 saturated carbocycles. The predicted molar refractivity (Wildman–Crippen MR) is 49.8 cm³/mol. The van der Waals surface area contributed by atoms with Gasteiger partial charge in [-0.05, 0) is 6.42 Å². The summed E-state index contributed by atoms with van der Waals surface area (Å²) in [6.45, 7) is 3.60. The van der Waals surface area contributed by atoms with Crippen molar-refractivity contribution in [2.75, 3.05) is 13.2 Å². The lowest BCUT2D eigenvalue weighted by Crippen LogP contribution is -2.61. The molecule has 0 aliphatic heterocycles. The smallest absolute Gasteiger partial charge is 0.407 e. The fraction of sp³-hybridized carbons (Fsp3) is 0.889. The molecule has 0 aromatic heterocycles. The number of alkyl carbamates (subject to hydrolysis) is 1. The molecule has 0 aromatic carbocycles. The third-order valence-corrected chi connectivity index (χ3v) is 2.83. The topological polar surface area (TPSA) is 78.8 Å². The number of aliphatic hydroxyl groups is 2. The van der Waals surface area contributed by atoms with Crippen molar-refractivity contribution in [3.05, 3.63) is 0 Å². The van der Waals surface area contributed by atoms with Gasteiger partial charge in [-0.3, -0.25) is 0 Å². The minimum Gasteiger partial charge on any atom is -0.447 e. The Balaban J connectivity index is 2.29. The zero-order valence-corrected chi connectivity index (χ0v) is 8.49. The number of carbonyl (C=O) groups excluding carboxylic acids is 1. The Morgan fingerprint density at radius 2 is 2.29 bits per heavy atom. The van der Waals surface area contributed by atoms with Gasteiger partial charge in [-0.1, -0.05) is 13.8 Å². The van der Waals surface area contributed by atoms with Gasteiger partial charge in [-0.2, -0.15) is 0 Å². The van der Waals surface area contributed by atoms with Gasteiger partial charge in [-0.15, -0.1) is 0 Å². The number of amides is 1. The van der Waals surface area contributed by atoms with E-state index in [0.717, 1.165) is 0 Å². The number of hydrogen-bond acceptors (Lipinski definition) is 4. The summed E-state index contributed by atoms with van der Waals surface area (Å²) in [7, 11) is 0. The quantitative estimate of drug-likeness (QED) is 0.596. The average molecular weight is 203 g/mol. The molecule has 1 aliphatic carbocycles. The van der Waals surface area contributed by atoms with E-state index >= 15 is 0 Å². The van der Waals surface area contributed by atoms with Gasteiger partial charge in [0.25, 0.3) is 0 Å². The van der Waals surface area contributed by atoms with Crippen LogP contribution in [0.15, 0.2) is 0 Å². The lowest BCUT2D eigenvalue weighted by molar-refractivity contribution is -0.0708. The summed E-state index contributed by atoms with van der Waals surface area (Å²) in [5.74, 6) is 0. The molecule has 0 spiro atoms. The van der Waals surface area contributed by atoms with Crippen molar-refractivity contribution in [2.24, 2.45) is 5.41 Å². The van der Waals surface area contributed by atoms with E-state index in [9.17, 15) is 9.90 Å². The van der Waals surface area contributed by atoms with Gasteiger partial charge in [0.15, 0.2) is 0 Å². The maximum absolute atomic E-state index is 11.1. The van der Waals surface area contributed by atoms with Gasteiger partial charge in [0.05, 0.1) is 12.7 Å². The van der Waals surface area contributed by atoms with Crippen molar-refractivity contribution in [2.45, 2.75) is 32.4 Å². The highest BCUT2D eigenvalue weighted by molar-refractivity contribution is 5.68. The molecule has 0 bridgehead atoms. The number of hydrogen-bond donors (Lipinski definition) is 3. The van der Waals surface area contributed by atoms with Crippen LogP contribution in [0.2, 0.25) is 0 Å². The fourth-order valence-electron chi connectivity index (χ4n) is 1.47. The molecule has 0 heterocycles. The van der Waals surface area contributed by atoms with Crippen LogP contribution in [0.3, 0.4) is 0 Å². The zero-order chi connectivity index (χ0) is 10.8. The standard InChI is InChI=1S/C9H17NO4/c1-9(2)6(5-7(9)12)10-8(13)14-4-3-11/h6-7,11-12H,3-5H2,1-2H3,(H,10,13). The number of aliphatic hydroxyl groups excluding tert-OH is 2. The molecule has 5 nitrogen and oxygen atoms in total. The van der Waals surface area contributed by atoms with Crippen LogP contribution in [0.25, 0.3) is 0 Å². The fourth-order valence-corrected chi connectivity index (χ4v) is 1.47. The van der Waals surface area contributed by atoms with Crippen LogP contribution in [0.5, 0.6) is 0 Å². The molecule has 82 valence electrons. The molecule has 14 heavy (non-hydrogen) atoms. The van der Waals surface area contributed by atoms with E-state index in [4.69, 9.17) is 5.11 Å². The summed E-state index contributed by atoms with van der Waals surface area (Å²) in [6, 6.07) is -0.0521. The Hall–Kier alpha value is -0.810. The first-order valence-corrected chi connectivity index (χ1v) is 4.70. The van der Waals surface area contributed by atoms with Gasteiger partial charge in [0.1, 0.15) is 6.61 Å². The predicted octanol–water partition coefficient (Wildman–Crippen LogP) is -0.136. The van der Waals surface area contributed by atoms with Crippen molar-refractivity contribution in [3.8, 4) is 0 Å². The largest absolute Gasteiger partial charge is 0.447 e. The molecule has 5 heteroatoms. The molecule has 1 amide bonds. The molecule has 2 atom stereocenters. The Morgan fingerprint density at radius 1 is 1.64 bits per heavy atom. The highest BCUT2D eigenvalue weighted by Crippen LogP contribution is 2.40. The van der Waals surface area contributed by atoms with Crippen LogP contribution in [-0.2, 0) is 4.74 Å². The van der Waals surface area contributed by atoms with Crippen LogP contribution in [0.1, 0.15) is 20.3 Å². The summed E-state index contributed by atoms with van der Waals surface area (Å²) in [6.07, 6.45) is -0.351. The van der Waals surface area contributed by atoms with Gasteiger partial charge in [0.2, 0.25) is 0 Å². The van der Waals surface area contributed by atoms with Gasteiger partial charge in [0, 0.05) is 11.5 Å². The van der Waals surface area contributed by atoms with Crippen molar-refractivity contribution in [1.29, 1.82) is 0 Å². The van der Waals surface area contributed by atoms with Crippen molar-refractivity contribution in [1.82, 2.24) is 5.32 Å². The highest BCUT2D eigenvalue weighted by atomic mass is 16.6. The van der Waals surface area contributed by atoms with Crippen LogP contribution in [-0.4, -0.2) is 41.7 Å². The van der Waals surface area contributed by atoms with E-state index < -0.39 is 6.09 Å². The zero-order valence-electron chi connectivity index (χ0n) is 8.49. The van der Waals surface area contributed by atoms with Gasteiger partial charge >= 0.3 is 6.09 Å². The molecule has 0 radical (unpaired) electrons. The van der Waals surface area contributed by atoms with Crippen LogP contribution in [0.4, 0.5) is 4.79 Å². The first-order chi connectivity index (χ1) is 6.48. The Kier molecular flexibility index (Phi) is 3.34. The van der Waals surface area contributed by atoms with Gasteiger partial charge < -0.3 is 20.3 Å². The van der Waals surface area contributed by atoms with E-state index in [1.165, 1.54) is 0 Å². The van der Waals surface area contributed by atoms with Crippen LogP contribution >= 0.6 is 0 Å². The molecule has 1 rings (SSSR count). The summed E-state index contributed by atoms with van der Waals surface area (Å²) >= 11 is 0. The molecule has 1 fully saturated rings. The highest BCUT2D eigenvalue weighted by Gasteiger charge is 2.48. The van der Waals surface area contributed by atoms with Gasteiger partial charge in [-0.25, -0.2) is 4.79 Å². The normalized spacial score (nSPS) is 29.1. The Bertz CT molecular complexity index is 217. The lowest BCUT2D eigenvalue weighted by Gasteiger charge is -2.49. The maximum Gasteiger partial charge on any atom is 0.407 e. The van der Waals surface area contributed by atoms with E-state index in [1.807, 2.05) is 13.8 Å². The third kappa shape index (κ3) is 2.16. The average Bonchev–Trinajstić information content (AvgIpc) is 2.14. The van der Waals surface area contributed by atoms with E-state index in [1.54, 1.807) is 0 Å². The van der Waals surface area contributed by atoms with Crippen molar-refractivity contribution < 1.29 is 19.7 Å². The lowest BCUT2D eigenvalue weighted by atomic mass is 9.65. The minimum atomic E-state index is -0.538. The minimum absolute atomic E-state index is 0.00152. The Labute approximate surface area is 83.1 Å². The first-order valence-electron chi connectivity index (χ1n) is 4.70. The molecule has 0 saturated heterocycles. The second-order valence-electron chi connectivity index (χ2n) is 4.13. The monoisotopic (exact) mass is 203 g/mol. The molecule has 3 N–H and O–H groups in total. The summed E-state index contributed by atoms with van der Waals surface area (Å²) < 4.78 is 4.64. The second-order valence-corrected chi connectivity index (χ2v) is 4.13. The van der Waals surface area contributed by atoms with Crippen molar-refractivity contribution in [3.63, 3.8) is 0 Å². The maximum atomic E-state index is 11.1. The van der Waals surface area contributed by atoms with Crippen LogP contribution < -0.4 is 5.32 Å². The SMILES string of the molecule is CC1(C)C(O)CC1NC(=O)OCCO. The van der Waals surface area contributed by atoms with E-state index in [-0.39, 0.29) is 30.8 Å². The molecule has 0 aromatic rings. The molecule has 2 unspecified atom stereocenters. The Morgan fingerprint density at radius 3 is 2.71 bits per heavy atom. The molecule has 1 aliphatic rings. The molecular weight excluding hydrogens is 186 g/mol. The first kappa shape index (κ1) is 11.3. The van der Waals surface area contributed by atoms with E-state index in [0.29, 0.717) is 6.42 Å². The number of nitrogens with one attached hydrogen (secondary N) is 1. The third-order valence-electron chi connectivity index (χ3n) is 2.83. The number of ether oxygens (including phenoxy) is 1. The summed E-state index contributed by atoms with van der Waals surface area (Å²) in [5, 5.41) is 20.5. The number of carbonyl (C=O) groups is 1. The summed E-state index contributed by atoms with van der Waals surface area (Å²) in [5.41, 5.74) is -0.293. The second kappa shape index (κ2) is 4.14. The molecular formula is C9H17NO4. The summed E-state index contributed by atoms with van der Waals surface area (Å²) in [4.78, 5) is 11.1. The van der Waals surface area contributed by atoms with E-state index in [2.05, 4.69) is 10.1 Å². The van der Waals surface area contributed by atoms with Crippen molar-refractivity contribution >= 4 is 6.09 Å².